The fraction of sp³-hybridized carbons (Fsp3) is 0.967. The molecule has 0 saturated carbocycles. The van der Waals surface area contributed by atoms with Gasteiger partial charge in [-0.25, -0.2) is 0 Å². The van der Waals surface area contributed by atoms with Crippen molar-refractivity contribution in [2.45, 2.75) is 160 Å². The number of carbonyl (C=O) groups excluding carboxylic acids is 1. The minimum absolute atomic E-state index is 0.108. The molecule has 39 heavy (non-hydrogen) atoms. The molecule has 4 N–H and O–H groups in total. The highest BCUT2D eigenvalue weighted by molar-refractivity contribution is 5.69. The van der Waals surface area contributed by atoms with Gasteiger partial charge < -0.3 is 39.4 Å². The van der Waals surface area contributed by atoms with E-state index in [-0.39, 0.29) is 19.2 Å². The zero-order valence-corrected chi connectivity index (χ0v) is 24.6. The van der Waals surface area contributed by atoms with Crippen LogP contribution < -0.4 is 0 Å². The fourth-order valence-corrected chi connectivity index (χ4v) is 4.72. The standard InChI is InChI=1S/C30H58O9/c1-3-5-7-9-11-12-13-14-16-18-20-36-22-24(38-26(32)19-17-15-10-8-6-4-2)23-37-30-29(35)28(34)27(33)25(21-31)39-30/h24-25,27-31,33-35H,3-23H2,1-2H3. The topological polar surface area (TPSA) is 135 Å². The van der Waals surface area contributed by atoms with Crippen LogP contribution in [0.2, 0.25) is 0 Å². The SMILES string of the molecule is CCCCCCCCCCCCOCC(COC1OC(CO)C(O)C(O)C1O)OC(=O)CCCCCCCC. The lowest BCUT2D eigenvalue weighted by atomic mass is 9.99. The Bertz CT molecular complexity index is 575. The van der Waals surface area contributed by atoms with Crippen molar-refractivity contribution in [1.82, 2.24) is 0 Å². The van der Waals surface area contributed by atoms with Gasteiger partial charge in [-0.1, -0.05) is 104 Å². The normalized spacial score (nSPS) is 24.1. The number of esters is 1. The summed E-state index contributed by atoms with van der Waals surface area (Å²) in [7, 11) is 0. The van der Waals surface area contributed by atoms with Crippen molar-refractivity contribution < 1.29 is 44.2 Å². The van der Waals surface area contributed by atoms with Crippen LogP contribution in [0.5, 0.6) is 0 Å². The van der Waals surface area contributed by atoms with Gasteiger partial charge in [-0.15, -0.1) is 0 Å². The number of ether oxygens (including phenoxy) is 4. The molecule has 1 heterocycles. The first-order chi connectivity index (χ1) is 18.9. The quantitative estimate of drug-likeness (QED) is 0.0943. The lowest BCUT2D eigenvalue weighted by molar-refractivity contribution is -0.305. The van der Waals surface area contributed by atoms with E-state index in [2.05, 4.69) is 13.8 Å². The number of hydrogen-bond donors (Lipinski definition) is 4. The Balaban J connectivity index is 2.40. The van der Waals surface area contributed by atoms with Gasteiger partial charge in [0.1, 0.15) is 30.5 Å². The van der Waals surface area contributed by atoms with Gasteiger partial charge in [0.25, 0.3) is 0 Å². The third-order valence-corrected chi connectivity index (χ3v) is 7.27. The molecule has 9 heteroatoms. The smallest absolute Gasteiger partial charge is 0.306 e. The maximum absolute atomic E-state index is 12.4. The van der Waals surface area contributed by atoms with Gasteiger partial charge in [0.05, 0.1) is 19.8 Å². The highest BCUT2D eigenvalue weighted by atomic mass is 16.7. The molecular formula is C30H58O9. The molecule has 0 aromatic rings. The van der Waals surface area contributed by atoms with E-state index in [4.69, 9.17) is 18.9 Å². The van der Waals surface area contributed by atoms with Crippen LogP contribution in [0.1, 0.15) is 123 Å². The van der Waals surface area contributed by atoms with E-state index in [1.54, 1.807) is 0 Å². The van der Waals surface area contributed by atoms with Crippen molar-refractivity contribution in [2.75, 3.05) is 26.4 Å². The average Bonchev–Trinajstić information content (AvgIpc) is 2.93. The summed E-state index contributed by atoms with van der Waals surface area (Å²) in [6.45, 7) is 4.46. The summed E-state index contributed by atoms with van der Waals surface area (Å²) >= 11 is 0. The van der Waals surface area contributed by atoms with E-state index in [9.17, 15) is 25.2 Å². The Morgan fingerprint density at radius 2 is 1.26 bits per heavy atom. The van der Waals surface area contributed by atoms with Gasteiger partial charge in [0.2, 0.25) is 0 Å². The van der Waals surface area contributed by atoms with Crippen molar-refractivity contribution in [3.05, 3.63) is 0 Å². The summed E-state index contributed by atoms with van der Waals surface area (Å²) in [5.74, 6) is -0.324. The molecule has 1 fully saturated rings. The Morgan fingerprint density at radius 1 is 0.718 bits per heavy atom. The maximum Gasteiger partial charge on any atom is 0.306 e. The molecule has 232 valence electrons. The predicted octanol–water partition coefficient (Wildman–Crippen LogP) is 4.40. The molecular weight excluding hydrogens is 504 g/mol. The average molecular weight is 563 g/mol. The molecule has 0 aromatic carbocycles. The lowest BCUT2D eigenvalue weighted by Crippen LogP contribution is -2.59. The molecule has 1 aliphatic heterocycles. The largest absolute Gasteiger partial charge is 0.457 e. The maximum atomic E-state index is 12.4. The third kappa shape index (κ3) is 16.9. The Kier molecular flexibility index (Phi) is 22.1. The molecule has 1 aliphatic rings. The number of unbranched alkanes of at least 4 members (excludes halogenated alkanes) is 14. The summed E-state index contributed by atoms with van der Waals surface area (Å²) in [5, 5.41) is 39.6. The third-order valence-electron chi connectivity index (χ3n) is 7.27. The minimum atomic E-state index is -1.53. The highest BCUT2D eigenvalue weighted by Gasteiger charge is 2.44. The van der Waals surface area contributed by atoms with Crippen LogP contribution >= 0.6 is 0 Å². The molecule has 0 bridgehead atoms. The Labute approximate surface area is 236 Å². The molecule has 0 aliphatic carbocycles. The summed E-state index contributed by atoms with van der Waals surface area (Å²) in [6, 6.07) is 0. The Morgan fingerprint density at radius 3 is 1.82 bits per heavy atom. The van der Waals surface area contributed by atoms with Gasteiger partial charge in [0.15, 0.2) is 6.29 Å². The second-order valence-corrected chi connectivity index (χ2v) is 10.9. The molecule has 1 rings (SSSR count). The molecule has 0 amide bonds. The first kappa shape index (κ1) is 36.2. The number of hydrogen-bond acceptors (Lipinski definition) is 9. The zero-order chi connectivity index (χ0) is 28.7. The van der Waals surface area contributed by atoms with Crippen LogP contribution in [0, 0.1) is 0 Å². The molecule has 9 nitrogen and oxygen atoms in total. The van der Waals surface area contributed by atoms with E-state index in [0.29, 0.717) is 13.0 Å². The van der Waals surface area contributed by atoms with Crippen LogP contribution in [-0.2, 0) is 23.7 Å². The zero-order valence-electron chi connectivity index (χ0n) is 24.6. The first-order valence-electron chi connectivity index (χ1n) is 15.6. The first-order valence-corrected chi connectivity index (χ1v) is 15.6. The molecule has 0 aromatic heterocycles. The lowest BCUT2D eigenvalue weighted by Gasteiger charge is -2.39. The van der Waals surface area contributed by atoms with Crippen molar-refractivity contribution in [3.8, 4) is 0 Å². The Hall–Kier alpha value is -0.810. The van der Waals surface area contributed by atoms with Gasteiger partial charge in [-0.3, -0.25) is 4.79 Å². The molecule has 1 saturated heterocycles. The van der Waals surface area contributed by atoms with Crippen molar-refractivity contribution >= 4 is 5.97 Å². The monoisotopic (exact) mass is 562 g/mol. The van der Waals surface area contributed by atoms with Gasteiger partial charge in [0, 0.05) is 13.0 Å². The van der Waals surface area contributed by atoms with Crippen molar-refractivity contribution in [3.63, 3.8) is 0 Å². The number of aliphatic hydroxyl groups is 4. The van der Waals surface area contributed by atoms with Crippen molar-refractivity contribution in [1.29, 1.82) is 0 Å². The van der Waals surface area contributed by atoms with Crippen molar-refractivity contribution in [2.24, 2.45) is 0 Å². The predicted molar refractivity (Wildman–Crippen MR) is 150 cm³/mol. The van der Waals surface area contributed by atoms with Crippen LogP contribution in [0.4, 0.5) is 0 Å². The van der Waals surface area contributed by atoms with Crippen LogP contribution in [0.15, 0.2) is 0 Å². The molecule has 0 radical (unpaired) electrons. The highest BCUT2D eigenvalue weighted by Crippen LogP contribution is 2.22. The summed E-state index contributed by atoms with van der Waals surface area (Å²) in [4.78, 5) is 12.4. The van der Waals surface area contributed by atoms with E-state index in [1.807, 2.05) is 0 Å². The number of aliphatic hydroxyl groups excluding tert-OH is 4. The second kappa shape index (κ2) is 23.9. The fourth-order valence-electron chi connectivity index (χ4n) is 4.72. The van der Waals surface area contributed by atoms with E-state index < -0.39 is 43.4 Å². The summed E-state index contributed by atoms with van der Waals surface area (Å²) in [5.41, 5.74) is 0. The summed E-state index contributed by atoms with van der Waals surface area (Å²) < 4.78 is 22.4. The van der Waals surface area contributed by atoms with Gasteiger partial charge in [-0.05, 0) is 12.8 Å². The molecule has 6 unspecified atom stereocenters. The second-order valence-electron chi connectivity index (χ2n) is 10.9. The van der Waals surface area contributed by atoms with E-state index in [0.717, 1.165) is 32.1 Å². The summed E-state index contributed by atoms with van der Waals surface area (Å²) in [6.07, 6.45) is 11.6. The molecule has 6 atom stereocenters. The van der Waals surface area contributed by atoms with Crippen LogP contribution in [0.25, 0.3) is 0 Å². The minimum Gasteiger partial charge on any atom is -0.457 e. The number of rotatable bonds is 25. The van der Waals surface area contributed by atoms with Gasteiger partial charge in [-0.2, -0.15) is 0 Å². The van der Waals surface area contributed by atoms with Crippen LogP contribution in [-0.4, -0.2) is 89.6 Å². The van der Waals surface area contributed by atoms with Gasteiger partial charge >= 0.3 is 5.97 Å². The van der Waals surface area contributed by atoms with E-state index >= 15 is 0 Å². The molecule has 0 spiro atoms. The number of carbonyl (C=O) groups is 1. The van der Waals surface area contributed by atoms with Crippen LogP contribution in [0.3, 0.4) is 0 Å². The van der Waals surface area contributed by atoms with E-state index in [1.165, 1.54) is 70.6 Å².